The van der Waals surface area contributed by atoms with Gasteiger partial charge in [-0.2, -0.15) is 0 Å². The topological polar surface area (TPSA) is 143 Å². The summed E-state index contributed by atoms with van der Waals surface area (Å²) in [7, 11) is 0. The van der Waals surface area contributed by atoms with Crippen LogP contribution in [0, 0.1) is 22.7 Å². The van der Waals surface area contributed by atoms with Crippen LogP contribution in [-0.2, 0) is 28.6 Å². The van der Waals surface area contributed by atoms with Crippen molar-refractivity contribution in [3.8, 4) is 0 Å². The number of allylic oxidation sites excluding steroid dienone is 1. The van der Waals surface area contributed by atoms with E-state index in [0.29, 0.717) is 31.3 Å². The van der Waals surface area contributed by atoms with E-state index >= 15 is 0 Å². The van der Waals surface area contributed by atoms with Crippen molar-refractivity contribution in [1.29, 1.82) is 0 Å². The van der Waals surface area contributed by atoms with Crippen LogP contribution in [0.25, 0.3) is 0 Å². The van der Waals surface area contributed by atoms with Gasteiger partial charge < -0.3 is 29.5 Å². The van der Waals surface area contributed by atoms with Crippen LogP contribution in [-0.4, -0.2) is 74.3 Å². The fraction of sp³-hybridized carbons (Fsp3) is 0.774. The first-order valence-electron chi connectivity index (χ1n) is 14.7. The summed E-state index contributed by atoms with van der Waals surface area (Å²) in [5.41, 5.74) is -6.62. The molecule has 9 heteroatoms. The summed E-state index contributed by atoms with van der Waals surface area (Å²) in [5, 5.41) is 37.8. The van der Waals surface area contributed by atoms with Gasteiger partial charge in [-0.05, 0) is 90.6 Å². The Hall–Kier alpha value is -2.07. The lowest BCUT2D eigenvalue weighted by Gasteiger charge is -2.64. The maximum atomic E-state index is 13.5. The highest BCUT2D eigenvalue weighted by Gasteiger charge is 2.83. The number of ether oxygens (including phenoxy) is 3. The summed E-state index contributed by atoms with van der Waals surface area (Å²) in [4.78, 5) is 37.9. The number of rotatable bonds is 5. The van der Waals surface area contributed by atoms with Gasteiger partial charge in [0.25, 0.3) is 0 Å². The van der Waals surface area contributed by atoms with Crippen molar-refractivity contribution in [2.24, 2.45) is 22.7 Å². The summed E-state index contributed by atoms with van der Waals surface area (Å²) in [6.45, 7) is 8.23. The molecule has 0 radical (unpaired) electrons. The van der Waals surface area contributed by atoms with Gasteiger partial charge in [-0.3, -0.25) is 9.59 Å². The fourth-order valence-corrected chi connectivity index (χ4v) is 10.0. The lowest BCUT2D eigenvalue weighted by molar-refractivity contribution is -0.291. The summed E-state index contributed by atoms with van der Waals surface area (Å²) < 4.78 is 17.3. The van der Waals surface area contributed by atoms with Gasteiger partial charge in [0.2, 0.25) is 0 Å². The number of esters is 2. The summed E-state index contributed by atoms with van der Waals surface area (Å²) in [6.07, 6.45) is 5.02. The van der Waals surface area contributed by atoms with Crippen molar-refractivity contribution < 1.29 is 43.9 Å². The monoisotopic (exact) mass is 558 g/mol. The lowest BCUT2D eigenvalue weighted by Crippen LogP contribution is -2.74. The summed E-state index contributed by atoms with van der Waals surface area (Å²) >= 11 is 0. The van der Waals surface area contributed by atoms with E-state index in [1.165, 1.54) is 13.8 Å². The number of hydrogen-bond donors (Lipinski definition) is 3. The Morgan fingerprint density at radius 2 is 1.90 bits per heavy atom. The molecule has 4 fully saturated rings. The predicted octanol–water partition coefficient (Wildman–Crippen LogP) is 2.69. The highest BCUT2D eigenvalue weighted by Crippen LogP contribution is 2.75. The standard InChI is InChI=1S/C31H42O9/c1-17-15-23(39-25(34)18(17)2)27(5,35)31(37)12-11-29(36)21-16-24-30(40-24)9-6-7-22(33)26(30,4)20(21)8-10-28(29,31)13-14-38-19(3)32/h6-7,20-21,23-24,35-37H,8-16H2,1-5H3/t20-,21+,23?,24+,26-,27?,28+,29+,30+,31+/m0/s1. The Morgan fingerprint density at radius 1 is 1.18 bits per heavy atom. The van der Waals surface area contributed by atoms with Crippen LogP contribution in [0.3, 0.4) is 0 Å². The van der Waals surface area contributed by atoms with Crippen LogP contribution >= 0.6 is 0 Å². The minimum Gasteiger partial charge on any atom is -0.466 e. The minimum atomic E-state index is -1.92. The third-order valence-electron chi connectivity index (χ3n) is 12.6. The molecule has 0 bridgehead atoms. The Balaban J connectivity index is 1.43. The predicted molar refractivity (Wildman–Crippen MR) is 142 cm³/mol. The molecular formula is C31H42O9. The van der Waals surface area contributed by atoms with Crippen molar-refractivity contribution in [3.05, 3.63) is 23.3 Å². The molecule has 3 N–H and O–H groups in total. The molecule has 220 valence electrons. The van der Waals surface area contributed by atoms with Gasteiger partial charge in [0.05, 0.1) is 23.7 Å². The number of ketones is 1. The van der Waals surface area contributed by atoms with E-state index in [9.17, 15) is 29.7 Å². The molecule has 10 atom stereocenters. The van der Waals surface area contributed by atoms with Crippen LogP contribution in [0.15, 0.2) is 23.3 Å². The second-order valence-corrected chi connectivity index (χ2v) is 13.8. The van der Waals surface area contributed by atoms with Crippen LogP contribution in [0.1, 0.15) is 86.0 Å². The molecule has 2 unspecified atom stereocenters. The quantitative estimate of drug-likeness (QED) is 0.343. The molecule has 1 spiro atoms. The van der Waals surface area contributed by atoms with Crippen molar-refractivity contribution in [2.75, 3.05) is 6.61 Å². The number of aliphatic hydroxyl groups is 3. The first-order valence-corrected chi connectivity index (χ1v) is 14.7. The van der Waals surface area contributed by atoms with Crippen molar-refractivity contribution in [3.63, 3.8) is 0 Å². The van der Waals surface area contributed by atoms with E-state index in [1.54, 1.807) is 13.0 Å². The number of hydrogen-bond acceptors (Lipinski definition) is 9. The van der Waals surface area contributed by atoms with Crippen LogP contribution in [0.5, 0.6) is 0 Å². The largest absolute Gasteiger partial charge is 0.466 e. The van der Waals surface area contributed by atoms with Gasteiger partial charge in [0.1, 0.15) is 22.9 Å². The molecule has 0 amide bonds. The highest BCUT2D eigenvalue weighted by molar-refractivity contribution is 5.97. The molecule has 6 aliphatic rings. The molecule has 6 rings (SSSR count). The van der Waals surface area contributed by atoms with Crippen LogP contribution in [0.4, 0.5) is 0 Å². The maximum Gasteiger partial charge on any atom is 0.334 e. The van der Waals surface area contributed by atoms with E-state index < -0.39 is 51.3 Å². The zero-order chi connectivity index (χ0) is 29.1. The minimum absolute atomic E-state index is 0.0129. The second kappa shape index (κ2) is 8.49. The third kappa shape index (κ3) is 3.15. The van der Waals surface area contributed by atoms with Crippen molar-refractivity contribution in [1.82, 2.24) is 0 Å². The Kier molecular flexibility index (Phi) is 5.96. The van der Waals surface area contributed by atoms with E-state index in [0.717, 1.165) is 5.57 Å². The first kappa shape index (κ1) is 28.1. The summed E-state index contributed by atoms with van der Waals surface area (Å²) in [5.74, 6) is -1.54. The molecule has 3 saturated carbocycles. The van der Waals surface area contributed by atoms with Crippen molar-refractivity contribution >= 4 is 17.7 Å². The molecule has 9 nitrogen and oxygen atoms in total. The van der Waals surface area contributed by atoms with Crippen LogP contribution < -0.4 is 0 Å². The molecule has 0 aromatic heterocycles. The van der Waals surface area contributed by atoms with Gasteiger partial charge in [0.15, 0.2) is 5.78 Å². The number of carbonyl (C=O) groups is 3. The zero-order valence-corrected chi connectivity index (χ0v) is 24.1. The Bertz CT molecular complexity index is 1240. The number of epoxide rings is 1. The summed E-state index contributed by atoms with van der Waals surface area (Å²) in [6, 6.07) is 0. The molecule has 4 aliphatic carbocycles. The molecule has 2 aliphatic heterocycles. The van der Waals surface area contributed by atoms with E-state index in [1.807, 2.05) is 19.9 Å². The number of carbonyl (C=O) groups excluding carboxylic acids is 3. The van der Waals surface area contributed by atoms with E-state index in [2.05, 4.69) is 0 Å². The normalized spacial score (nSPS) is 48.8. The highest BCUT2D eigenvalue weighted by atomic mass is 16.6. The first-order chi connectivity index (χ1) is 18.6. The number of cyclic esters (lactones) is 1. The molecule has 1 saturated heterocycles. The zero-order valence-electron chi connectivity index (χ0n) is 24.1. The van der Waals surface area contributed by atoms with Crippen LogP contribution in [0.2, 0.25) is 0 Å². The van der Waals surface area contributed by atoms with Gasteiger partial charge >= 0.3 is 11.9 Å². The third-order valence-corrected chi connectivity index (χ3v) is 12.6. The van der Waals surface area contributed by atoms with Gasteiger partial charge in [-0.1, -0.05) is 11.6 Å². The lowest BCUT2D eigenvalue weighted by atomic mass is 9.41. The Morgan fingerprint density at radius 3 is 2.58 bits per heavy atom. The molecule has 2 heterocycles. The fourth-order valence-electron chi connectivity index (χ4n) is 10.0. The van der Waals surface area contributed by atoms with Gasteiger partial charge in [0, 0.05) is 24.3 Å². The molecule has 0 aromatic carbocycles. The van der Waals surface area contributed by atoms with Gasteiger partial charge in [-0.15, -0.1) is 0 Å². The van der Waals surface area contributed by atoms with Gasteiger partial charge in [-0.25, -0.2) is 4.79 Å². The van der Waals surface area contributed by atoms with E-state index in [-0.39, 0.29) is 56.0 Å². The smallest absolute Gasteiger partial charge is 0.334 e. The molecule has 0 aromatic rings. The SMILES string of the molecule is CC(=O)OCC[C@]12CC[C@H]3[C@@H](C[C@H]4O[C@]45CC=CC(=O)[C@]35C)[C@]1(O)CC[C@@]2(O)C(C)(O)C1CC(C)=C(C)C(=O)O1. The maximum absolute atomic E-state index is 13.5. The Labute approximate surface area is 234 Å². The molecule has 40 heavy (non-hydrogen) atoms. The number of fused-ring (bicyclic) bond motifs is 4. The molecular weight excluding hydrogens is 516 g/mol. The average molecular weight is 559 g/mol. The van der Waals surface area contributed by atoms with E-state index in [4.69, 9.17) is 14.2 Å². The average Bonchev–Trinajstić information content (AvgIpc) is 3.54. The van der Waals surface area contributed by atoms with Crippen molar-refractivity contribution in [2.45, 2.75) is 121 Å². The second-order valence-electron chi connectivity index (χ2n) is 13.8.